The Labute approximate surface area is 99.2 Å². The Morgan fingerprint density at radius 1 is 1.31 bits per heavy atom. The lowest BCUT2D eigenvalue weighted by atomic mass is 10.2. The normalized spacial score (nSPS) is 10.8. The Kier molecular flexibility index (Phi) is 3.00. The number of halogens is 3. The van der Waals surface area contributed by atoms with Gasteiger partial charge in [0.25, 0.3) is 0 Å². The number of nitrogens with zero attached hydrogens (tertiary/aromatic N) is 3. The van der Waals surface area contributed by atoms with Crippen molar-refractivity contribution in [3.05, 3.63) is 34.6 Å². The van der Waals surface area contributed by atoms with Gasteiger partial charge in [0.2, 0.25) is 0 Å². The summed E-state index contributed by atoms with van der Waals surface area (Å²) < 4.78 is 29.2. The second kappa shape index (κ2) is 4.29. The van der Waals surface area contributed by atoms with E-state index in [9.17, 15) is 8.78 Å². The molecule has 6 heteroatoms. The van der Waals surface area contributed by atoms with Crippen molar-refractivity contribution >= 4 is 15.9 Å². The minimum absolute atomic E-state index is 0.150. The van der Waals surface area contributed by atoms with Gasteiger partial charge in [-0.25, -0.2) is 8.78 Å². The first-order valence-electron chi connectivity index (χ1n) is 4.66. The van der Waals surface area contributed by atoms with Crippen molar-refractivity contribution in [1.82, 2.24) is 14.8 Å². The van der Waals surface area contributed by atoms with Crippen LogP contribution in [0.1, 0.15) is 6.92 Å². The van der Waals surface area contributed by atoms with Crippen LogP contribution in [0, 0.1) is 11.6 Å². The molecule has 0 bridgehead atoms. The summed E-state index contributed by atoms with van der Waals surface area (Å²) in [6.45, 7) is 2.40. The second-order valence-electron chi connectivity index (χ2n) is 3.18. The number of rotatable bonds is 2. The van der Waals surface area contributed by atoms with E-state index < -0.39 is 11.6 Å². The van der Waals surface area contributed by atoms with Gasteiger partial charge in [0.05, 0.1) is 5.56 Å². The summed E-state index contributed by atoms with van der Waals surface area (Å²) in [5, 5.41) is 7.37. The molecule has 0 fully saturated rings. The van der Waals surface area contributed by atoms with Gasteiger partial charge in [-0.1, -0.05) is 15.9 Å². The summed E-state index contributed by atoms with van der Waals surface area (Å²) in [6, 6.07) is 2.40. The van der Waals surface area contributed by atoms with Crippen molar-refractivity contribution in [2.75, 3.05) is 0 Å². The van der Waals surface area contributed by atoms with E-state index in [1.807, 2.05) is 6.92 Å². The first-order chi connectivity index (χ1) is 7.63. The Balaban J connectivity index is 2.64. The van der Waals surface area contributed by atoms with E-state index in [0.29, 0.717) is 11.0 Å². The number of hydrogen-bond acceptors (Lipinski definition) is 2. The van der Waals surface area contributed by atoms with Crippen molar-refractivity contribution < 1.29 is 8.78 Å². The molecule has 16 heavy (non-hydrogen) atoms. The molecule has 0 saturated heterocycles. The molecule has 0 aliphatic rings. The van der Waals surface area contributed by atoms with E-state index in [2.05, 4.69) is 26.1 Å². The summed E-state index contributed by atoms with van der Waals surface area (Å²) in [5.74, 6) is -1.12. The van der Waals surface area contributed by atoms with E-state index in [4.69, 9.17) is 0 Å². The fourth-order valence-electron chi connectivity index (χ4n) is 1.44. The molecule has 0 unspecified atom stereocenters. The third-order valence-corrected chi connectivity index (χ3v) is 2.64. The summed E-state index contributed by atoms with van der Waals surface area (Å²) in [4.78, 5) is 0. The fraction of sp³-hybridized carbons (Fsp3) is 0.200. The van der Waals surface area contributed by atoms with Crippen LogP contribution in [0.2, 0.25) is 0 Å². The number of hydrogen-bond donors (Lipinski definition) is 0. The minimum Gasteiger partial charge on any atom is -0.314 e. The Morgan fingerprint density at radius 3 is 2.50 bits per heavy atom. The molecule has 1 aromatic carbocycles. The molecule has 0 saturated carbocycles. The fourth-order valence-corrected chi connectivity index (χ4v) is 1.84. The van der Waals surface area contributed by atoms with Gasteiger partial charge < -0.3 is 4.57 Å². The standard InChI is InChI=1S/C10H8BrF2N3/c1-2-16-5-14-15-10(16)9-7(12)3-6(11)4-8(9)13/h3-5H,2H2,1H3. The summed E-state index contributed by atoms with van der Waals surface area (Å²) in [5.41, 5.74) is -0.150. The molecule has 2 aromatic rings. The van der Waals surface area contributed by atoms with Crippen LogP contribution in [-0.2, 0) is 6.54 Å². The third kappa shape index (κ3) is 1.84. The van der Waals surface area contributed by atoms with E-state index in [1.165, 1.54) is 18.5 Å². The van der Waals surface area contributed by atoms with Gasteiger partial charge in [-0.05, 0) is 19.1 Å². The molecular formula is C10H8BrF2N3. The first kappa shape index (κ1) is 11.2. The molecule has 84 valence electrons. The van der Waals surface area contributed by atoms with Crippen LogP contribution in [-0.4, -0.2) is 14.8 Å². The number of aryl methyl sites for hydroxylation is 1. The monoisotopic (exact) mass is 287 g/mol. The van der Waals surface area contributed by atoms with Gasteiger partial charge in [-0.3, -0.25) is 0 Å². The van der Waals surface area contributed by atoms with Crippen LogP contribution in [0.5, 0.6) is 0 Å². The van der Waals surface area contributed by atoms with Gasteiger partial charge in [0.15, 0.2) is 5.82 Å². The van der Waals surface area contributed by atoms with Crippen LogP contribution < -0.4 is 0 Å². The predicted molar refractivity (Wildman–Crippen MR) is 58.7 cm³/mol. The maximum atomic E-state index is 13.6. The third-order valence-electron chi connectivity index (χ3n) is 2.19. The molecule has 0 spiro atoms. The van der Waals surface area contributed by atoms with E-state index in [0.717, 1.165) is 0 Å². The zero-order valence-electron chi connectivity index (χ0n) is 8.41. The molecule has 0 atom stereocenters. The highest BCUT2D eigenvalue weighted by Crippen LogP contribution is 2.27. The molecular weight excluding hydrogens is 280 g/mol. The summed E-state index contributed by atoms with van der Waals surface area (Å²) in [6.07, 6.45) is 1.44. The maximum absolute atomic E-state index is 13.6. The first-order valence-corrected chi connectivity index (χ1v) is 5.45. The second-order valence-corrected chi connectivity index (χ2v) is 4.10. The summed E-state index contributed by atoms with van der Waals surface area (Å²) in [7, 11) is 0. The lowest BCUT2D eigenvalue weighted by molar-refractivity contribution is 0.582. The lowest BCUT2D eigenvalue weighted by Crippen LogP contribution is -2.00. The van der Waals surface area contributed by atoms with E-state index in [1.54, 1.807) is 4.57 Å². The largest absolute Gasteiger partial charge is 0.314 e. The molecule has 0 radical (unpaired) electrons. The molecule has 0 aliphatic heterocycles. The molecule has 1 heterocycles. The highest BCUT2D eigenvalue weighted by atomic mass is 79.9. The van der Waals surface area contributed by atoms with Gasteiger partial charge in [0, 0.05) is 11.0 Å². The highest BCUT2D eigenvalue weighted by molar-refractivity contribution is 9.10. The van der Waals surface area contributed by atoms with Crippen molar-refractivity contribution in [2.45, 2.75) is 13.5 Å². The molecule has 0 amide bonds. The van der Waals surface area contributed by atoms with Gasteiger partial charge in [-0.2, -0.15) is 0 Å². The average Bonchev–Trinajstić information content (AvgIpc) is 2.64. The van der Waals surface area contributed by atoms with Crippen LogP contribution in [0.4, 0.5) is 8.78 Å². The molecule has 3 nitrogen and oxygen atoms in total. The Bertz CT molecular complexity index is 502. The zero-order chi connectivity index (χ0) is 11.7. The predicted octanol–water partition coefficient (Wildman–Crippen LogP) is 3.01. The van der Waals surface area contributed by atoms with Gasteiger partial charge >= 0.3 is 0 Å². The van der Waals surface area contributed by atoms with Crippen molar-refractivity contribution in [3.8, 4) is 11.4 Å². The summed E-state index contributed by atoms with van der Waals surface area (Å²) >= 11 is 3.02. The number of aromatic nitrogens is 3. The van der Waals surface area contributed by atoms with Crippen LogP contribution in [0.25, 0.3) is 11.4 Å². The van der Waals surface area contributed by atoms with Crippen molar-refractivity contribution in [2.24, 2.45) is 0 Å². The molecule has 0 N–H and O–H groups in total. The topological polar surface area (TPSA) is 30.7 Å². The SMILES string of the molecule is CCn1cnnc1-c1c(F)cc(Br)cc1F. The molecule has 2 rings (SSSR count). The van der Waals surface area contributed by atoms with Gasteiger partial charge in [0.1, 0.15) is 18.0 Å². The maximum Gasteiger partial charge on any atom is 0.169 e. The molecule has 0 aliphatic carbocycles. The van der Waals surface area contributed by atoms with E-state index >= 15 is 0 Å². The molecule has 1 aromatic heterocycles. The Hall–Kier alpha value is -1.30. The smallest absolute Gasteiger partial charge is 0.169 e. The lowest BCUT2D eigenvalue weighted by Gasteiger charge is -2.06. The average molecular weight is 288 g/mol. The van der Waals surface area contributed by atoms with Crippen molar-refractivity contribution in [1.29, 1.82) is 0 Å². The van der Waals surface area contributed by atoms with E-state index in [-0.39, 0.29) is 11.4 Å². The Morgan fingerprint density at radius 2 is 1.94 bits per heavy atom. The van der Waals surface area contributed by atoms with Gasteiger partial charge in [-0.15, -0.1) is 10.2 Å². The van der Waals surface area contributed by atoms with Crippen LogP contribution >= 0.6 is 15.9 Å². The van der Waals surface area contributed by atoms with Crippen molar-refractivity contribution in [3.63, 3.8) is 0 Å². The minimum atomic E-state index is -0.658. The highest BCUT2D eigenvalue weighted by Gasteiger charge is 2.17. The quantitative estimate of drug-likeness (QED) is 0.850. The number of benzene rings is 1. The van der Waals surface area contributed by atoms with Crippen LogP contribution in [0.3, 0.4) is 0 Å². The zero-order valence-corrected chi connectivity index (χ0v) is 10.0. The van der Waals surface area contributed by atoms with Crippen LogP contribution in [0.15, 0.2) is 22.9 Å².